The van der Waals surface area contributed by atoms with Crippen LogP contribution >= 0.6 is 11.6 Å². The van der Waals surface area contributed by atoms with Gasteiger partial charge >= 0.3 is 5.97 Å². The predicted octanol–water partition coefficient (Wildman–Crippen LogP) is 5.45. The Labute approximate surface area is 209 Å². The summed E-state index contributed by atoms with van der Waals surface area (Å²) in [6.07, 6.45) is 2.81. The Morgan fingerprint density at radius 1 is 0.917 bits per heavy atom. The van der Waals surface area contributed by atoms with Crippen LogP contribution in [0.25, 0.3) is 11.0 Å². The van der Waals surface area contributed by atoms with E-state index >= 15 is 0 Å². The van der Waals surface area contributed by atoms with Crippen LogP contribution in [0, 0.1) is 11.9 Å². The van der Waals surface area contributed by atoms with Crippen molar-refractivity contribution in [3.8, 4) is 0 Å². The van der Waals surface area contributed by atoms with Crippen molar-refractivity contribution in [3.05, 3.63) is 118 Å². The van der Waals surface area contributed by atoms with Crippen LogP contribution in [0.15, 0.2) is 90.3 Å². The second kappa shape index (κ2) is 10.2. The number of nitrogens with zero attached hydrogens (tertiary/aromatic N) is 3. The zero-order chi connectivity index (χ0) is 25.1. The first-order valence-corrected chi connectivity index (χ1v) is 11.2. The van der Waals surface area contributed by atoms with Crippen molar-refractivity contribution < 1.29 is 27.8 Å². The van der Waals surface area contributed by atoms with Crippen molar-refractivity contribution >= 4 is 28.6 Å². The number of allylic oxidation sites excluding steroid dienone is 1. The fourth-order valence-electron chi connectivity index (χ4n) is 3.62. The summed E-state index contributed by atoms with van der Waals surface area (Å²) in [5.41, 5.74) is 1.58. The first-order valence-electron chi connectivity index (χ1n) is 10.9. The second-order valence-corrected chi connectivity index (χ2v) is 8.14. The van der Waals surface area contributed by atoms with E-state index in [2.05, 4.69) is 9.97 Å². The van der Waals surface area contributed by atoms with Crippen molar-refractivity contribution in [2.24, 2.45) is 0 Å². The Hall–Kier alpha value is -4.24. The maximum absolute atomic E-state index is 14.0. The molecular formula is C26H18ClF2N3O4. The number of imidazole rings is 1. The molecule has 0 unspecified atom stereocenters. The number of rotatable bonds is 8. The maximum atomic E-state index is 14.0. The lowest BCUT2D eigenvalue weighted by Crippen LogP contribution is -2.04. The molecule has 0 bridgehead atoms. The minimum Gasteiger partial charge on any atom is -0.481 e. The van der Waals surface area contributed by atoms with Crippen LogP contribution in [0.5, 0.6) is 0 Å². The third kappa shape index (κ3) is 4.78. The van der Waals surface area contributed by atoms with Gasteiger partial charge in [-0.3, -0.25) is 0 Å². The Morgan fingerprint density at radius 3 is 2.17 bits per heavy atom. The van der Waals surface area contributed by atoms with Crippen molar-refractivity contribution in [2.45, 2.75) is 19.8 Å². The van der Waals surface area contributed by atoms with Gasteiger partial charge in [0.25, 0.3) is 5.76 Å². The largest absolute Gasteiger partial charge is 0.481 e. The monoisotopic (exact) mass is 509 g/mol. The smallest absolute Gasteiger partial charge is 0.383 e. The first-order chi connectivity index (χ1) is 17.5. The SMILES string of the molecule is O=C1O/C(=C\Cn2cnc3c(F)nc(F)c(Cl)c32)C(OCc2ccccc2)=C1OCc1ccccc1. The second-order valence-electron chi connectivity index (χ2n) is 7.77. The number of halogens is 3. The van der Waals surface area contributed by atoms with Gasteiger partial charge < -0.3 is 18.8 Å². The number of esters is 1. The lowest BCUT2D eigenvalue weighted by atomic mass is 10.2. The summed E-state index contributed by atoms with van der Waals surface area (Å²) >= 11 is 6.01. The van der Waals surface area contributed by atoms with E-state index < -0.39 is 17.9 Å². The molecule has 182 valence electrons. The van der Waals surface area contributed by atoms with E-state index in [-0.39, 0.29) is 53.1 Å². The van der Waals surface area contributed by atoms with E-state index in [0.717, 1.165) is 11.1 Å². The molecule has 10 heteroatoms. The fourth-order valence-corrected chi connectivity index (χ4v) is 3.86. The Bertz CT molecular complexity index is 1490. The van der Waals surface area contributed by atoms with Crippen LogP contribution in [0.4, 0.5) is 8.78 Å². The van der Waals surface area contributed by atoms with Crippen LogP contribution in [0.1, 0.15) is 11.1 Å². The molecule has 36 heavy (non-hydrogen) atoms. The molecular weight excluding hydrogens is 492 g/mol. The van der Waals surface area contributed by atoms with Crippen LogP contribution in [0.2, 0.25) is 5.02 Å². The molecule has 4 aromatic rings. The van der Waals surface area contributed by atoms with Crippen molar-refractivity contribution in [1.82, 2.24) is 14.5 Å². The Kier molecular flexibility index (Phi) is 6.64. The molecule has 1 aliphatic rings. The lowest BCUT2D eigenvalue weighted by molar-refractivity contribution is -0.136. The van der Waals surface area contributed by atoms with E-state index in [9.17, 15) is 13.6 Å². The topological polar surface area (TPSA) is 75.5 Å². The normalized spacial score (nSPS) is 14.5. The number of carbonyl (C=O) groups excluding carboxylic acids is 1. The van der Waals surface area contributed by atoms with Gasteiger partial charge in [-0.2, -0.15) is 13.8 Å². The third-order valence-electron chi connectivity index (χ3n) is 5.36. The van der Waals surface area contributed by atoms with E-state index in [1.54, 1.807) is 0 Å². The third-order valence-corrected chi connectivity index (χ3v) is 5.70. The number of pyridine rings is 1. The molecule has 0 atom stereocenters. The highest BCUT2D eigenvalue weighted by Crippen LogP contribution is 2.31. The minimum atomic E-state index is -1.15. The summed E-state index contributed by atoms with van der Waals surface area (Å²) in [5.74, 6) is -2.78. The molecule has 0 N–H and O–H groups in total. The standard InChI is InChI=1S/C26H18ClF2N3O4/c27-19-21-20(25(29)31-24(19)28)30-15-32(21)12-11-18-22(34-13-16-7-3-1-4-8-16)23(26(33)36-18)35-14-17-9-5-2-6-10-17/h1-11,15H,12-14H2/b18-11-. The van der Waals surface area contributed by atoms with Gasteiger partial charge in [0.05, 0.1) is 11.8 Å². The van der Waals surface area contributed by atoms with Gasteiger partial charge in [-0.25, -0.2) is 9.78 Å². The number of hydrogen-bond donors (Lipinski definition) is 0. The molecule has 2 aromatic heterocycles. The highest BCUT2D eigenvalue weighted by atomic mass is 35.5. The minimum absolute atomic E-state index is 0.0197. The zero-order valence-corrected chi connectivity index (χ0v) is 19.4. The van der Waals surface area contributed by atoms with Gasteiger partial charge in [-0.15, -0.1) is 0 Å². The van der Waals surface area contributed by atoms with Crippen LogP contribution < -0.4 is 0 Å². The molecule has 1 aliphatic heterocycles. The average molecular weight is 510 g/mol. The quantitative estimate of drug-likeness (QED) is 0.232. The molecule has 0 spiro atoms. The number of carbonyl (C=O) groups is 1. The number of fused-ring (bicyclic) bond motifs is 1. The average Bonchev–Trinajstić information content (AvgIpc) is 3.45. The molecule has 5 rings (SSSR count). The van der Waals surface area contributed by atoms with Crippen molar-refractivity contribution in [3.63, 3.8) is 0 Å². The summed E-state index contributed by atoms with van der Waals surface area (Å²) in [7, 11) is 0. The predicted molar refractivity (Wildman–Crippen MR) is 126 cm³/mol. The van der Waals surface area contributed by atoms with Crippen LogP contribution in [-0.2, 0) is 38.8 Å². The summed E-state index contributed by atoms with van der Waals surface area (Å²) in [6, 6.07) is 18.7. The van der Waals surface area contributed by atoms with Gasteiger partial charge in [0.1, 0.15) is 23.8 Å². The Balaban J connectivity index is 1.45. The van der Waals surface area contributed by atoms with Crippen LogP contribution in [0.3, 0.4) is 0 Å². The molecule has 0 fully saturated rings. The molecule has 0 saturated carbocycles. The van der Waals surface area contributed by atoms with Gasteiger partial charge in [-0.05, 0) is 17.2 Å². The molecule has 0 aliphatic carbocycles. The first kappa shape index (κ1) is 23.5. The summed E-state index contributed by atoms with van der Waals surface area (Å²) < 4.78 is 46.5. The molecule has 3 heterocycles. The van der Waals surface area contributed by atoms with E-state index in [4.69, 9.17) is 25.8 Å². The summed E-state index contributed by atoms with van der Waals surface area (Å²) in [4.78, 5) is 19.7. The van der Waals surface area contributed by atoms with Crippen LogP contribution in [-0.4, -0.2) is 20.5 Å². The van der Waals surface area contributed by atoms with Crippen molar-refractivity contribution in [2.75, 3.05) is 0 Å². The number of ether oxygens (including phenoxy) is 3. The molecule has 0 radical (unpaired) electrons. The number of benzene rings is 2. The Morgan fingerprint density at radius 2 is 1.53 bits per heavy atom. The van der Waals surface area contributed by atoms with Gasteiger partial charge in [0, 0.05) is 6.54 Å². The number of cyclic esters (lactones) is 1. The fraction of sp³-hybridized carbons (Fsp3) is 0.115. The van der Waals surface area contributed by atoms with E-state index in [1.807, 2.05) is 60.7 Å². The zero-order valence-electron chi connectivity index (χ0n) is 18.7. The molecule has 2 aromatic carbocycles. The lowest BCUT2D eigenvalue weighted by Gasteiger charge is -2.10. The molecule has 7 nitrogen and oxygen atoms in total. The van der Waals surface area contributed by atoms with Gasteiger partial charge in [0.15, 0.2) is 5.76 Å². The summed E-state index contributed by atoms with van der Waals surface area (Å²) in [5, 5.41) is -0.367. The highest BCUT2D eigenvalue weighted by Gasteiger charge is 2.34. The maximum Gasteiger partial charge on any atom is 0.383 e. The van der Waals surface area contributed by atoms with E-state index in [1.165, 1.54) is 17.0 Å². The number of aromatic nitrogens is 3. The van der Waals surface area contributed by atoms with Crippen molar-refractivity contribution in [1.29, 1.82) is 0 Å². The van der Waals surface area contributed by atoms with Gasteiger partial charge in [-0.1, -0.05) is 72.3 Å². The highest BCUT2D eigenvalue weighted by molar-refractivity contribution is 6.34. The van der Waals surface area contributed by atoms with E-state index in [0.29, 0.717) is 0 Å². The molecule has 0 amide bonds. The number of hydrogen-bond acceptors (Lipinski definition) is 6. The summed E-state index contributed by atoms with van der Waals surface area (Å²) in [6.45, 7) is 0.306. The molecule has 0 saturated heterocycles. The van der Waals surface area contributed by atoms with Gasteiger partial charge in [0.2, 0.25) is 17.7 Å².